The van der Waals surface area contributed by atoms with Crippen LogP contribution >= 0.6 is 0 Å². The summed E-state index contributed by atoms with van der Waals surface area (Å²) in [6.45, 7) is 0.399. The van der Waals surface area contributed by atoms with Crippen molar-refractivity contribution in [2.45, 2.75) is 13.0 Å². The fourth-order valence-corrected chi connectivity index (χ4v) is 2.72. The Balaban J connectivity index is 1.67. The van der Waals surface area contributed by atoms with Gasteiger partial charge in [-0.25, -0.2) is 4.39 Å². The molecule has 3 nitrogen and oxygen atoms in total. The second kappa shape index (κ2) is 6.35. The van der Waals surface area contributed by atoms with E-state index in [1.807, 2.05) is 24.3 Å². The Morgan fingerprint density at radius 2 is 1.86 bits per heavy atom. The van der Waals surface area contributed by atoms with E-state index in [-0.39, 0.29) is 18.1 Å². The maximum Gasteiger partial charge on any atom is 0.242 e. The van der Waals surface area contributed by atoms with Gasteiger partial charge in [0, 0.05) is 16.6 Å². The number of halogens is 1. The first-order valence-electron chi connectivity index (χ1n) is 6.90. The number of carbonyl (C=O) groups excluding carboxylic acids is 1. The molecule has 1 N–H and O–H groups in total. The molecule has 0 unspecified atom stereocenters. The molecular weight excluding hydrogens is 296 g/mol. The van der Waals surface area contributed by atoms with E-state index in [1.165, 1.54) is 12.1 Å². The van der Waals surface area contributed by atoms with E-state index in [1.54, 1.807) is 12.1 Å². The third-order valence-corrected chi connectivity index (χ3v) is 3.94. The largest absolute Gasteiger partial charge is 0.482 e. The molecule has 0 fully saturated rings. The normalized spacial score (nSPS) is 10.8. The molecule has 0 bridgehead atoms. The third kappa shape index (κ3) is 3.22. The predicted octanol–water partition coefficient (Wildman–Crippen LogP) is 2.22. The van der Waals surface area contributed by atoms with Gasteiger partial charge in [0.2, 0.25) is 22.2 Å². The van der Waals surface area contributed by atoms with Crippen LogP contribution in [0.5, 0.6) is 0 Å². The van der Waals surface area contributed by atoms with Gasteiger partial charge in [0.25, 0.3) is 0 Å². The van der Waals surface area contributed by atoms with Gasteiger partial charge < -0.3 is 9.73 Å². The first-order valence-corrected chi connectivity index (χ1v) is 7.48. The van der Waals surface area contributed by atoms with Gasteiger partial charge in [-0.05, 0) is 29.3 Å². The lowest BCUT2D eigenvalue weighted by molar-refractivity contribution is -0.120. The molecule has 1 aromatic heterocycles. The van der Waals surface area contributed by atoms with Gasteiger partial charge in [0.1, 0.15) is 11.4 Å². The van der Waals surface area contributed by atoms with Crippen molar-refractivity contribution in [3.05, 3.63) is 65.5 Å². The Hall–Kier alpha value is -2.09. The molecule has 3 aromatic rings. The Kier molecular flexibility index (Phi) is 4.28. The molecule has 0 saturated carbocycles. The molecule has 1 heterocycles. The SMILES string of the molecule is O=C(Cc1ccc(F)cc1)NCc1[c]([Al])oc2ccccc12. The summed E-state index contributed by atoms with van der Waals surface area (Å²) in [5.41, 5.74) is 2.53. The fraction of sp³-hybridized carbons (Fsp3) is 0.118. The molecule has 0 atom stereocenters. The van der Waals surface area contributed by atoms with Crippen LogP contribution < -0.4 is 9.94 Å². The number of carbonyl (C=O) groups is 1. The summed E-state index contributed by atoms with van der Waals surface area (Å²) in [7, 11) is 0. The van der Waals surface area contributed by atoms with Gasteiger partial charge in [-0.15, -0.1) is 0 Å². The van der Waals surface area contributed by atoms with E-state index in [4.69, 9.17) is 4.42 Å². The van der Waals surface area contributed by atoms with Crippen molar-refractivity contribution in [2.24, 2.45) is 0 Å². The topological polar surface area (TPSA) is 42.2 Å². The second-order valence-electron chi connectivity index (χ2n) is 5.02. The number of hydrogen-bond donors (Lipinski definition) is 1. The van der Waals surface area contributed by atoms with E-state index in [0.717, 1.165) is 26.7 Å². The first kappa shape index (κ1) is 14.8. The van der Waals surface area contributed by atoms with E-state index in [9.17, 15) is 9.18 Å². The molecule has 5 heteroatoms. The molecule has 2 aromatic carbocycles. The van der Waals surface area contributed by atoms with Gasteiger partial charge in [0.05, 0.1) is 6.42 Å². The number of benzene rings is 2. The molecule has 0 spiro atoms. The molecule has 2 radical (unpaired) electrons. The highest BCUT2D eigenvalue weighted by molar-refractivity contribution is 6.32. The van der Waals surface area contributed by atoms with Crippen molar-refractivity contribution >= 4 is 37.8 Å². The van der Waals surface area contributed by atoms with E-state index >= 15 is 0 Å². The zero-order valence-electron chi connectivity index (χ0n) is 11.8. The lowest BCUT2D eigenvalue weighted by Gasteiger charge is -2.06. The second-order valence-corrected chi connectivity index (χ2v) is 5.55. The van der Waals surface area contributed by atoms with Gasteiger partial charge >= 0.3 is 0 Å². The van der Waals surface area contributed by atoms with Crippen LogP contribution in [0.1, 0.15) is 11.1 Å². The van der Waals surface area contributed by atoms with E-state index in [2.05, 4.69) is 21.6 Å². The van der Waals surface area contributed by atoms with E-state index in [0.29, 0.717) is 6.54 Å². The number of nitrogens with one attached hydrogen (secondary N) is 1. The molecule has 3 rings (SSSR count). The first-order chi connectivity index (χ1) is 10.6. The predicted molar refractivity (Wildman–Crippen MR) is 83.6 cm³/mol. The summed E-state index contributed by atoms with van der Waals surface area (Å²) in [5, 5.41) is 3.87. The van der Waals surface area contributed by atoms with Crippen molar-refractivity contribution in [3.63, 3.8) is 0 Å². The highest BCUT2D eigenvalue weighted by Crippen LogP contribution is 2.18. The number of para-hydroxylation sites is 1. The van der Waals surface area contributed by atoms with Crippen LogP contribution in [0.4, 0.5) is 4.39 Å². The zero-order chi connectivity index (χ0) is 15.5. The summed E-state index contributed by atoms with van der Waals surface area (Å²) < 4.78 is 19.2. The number of hydrogen-bond acceptors (Lipinski definition) is 2. The highest BCUT2D eigenvalue weighted by Gasteiger charge is 2.10. The molecule has 1 amide bonds. The molecule has 0 aliphatic carbocycles. The van der Waals surface area contributed by atoms with Crippen molar-refractivity contribution < 1.29 is 13.6 Å². The number of amides is 1. The van der Waals surface area contributed by atoms with Gasteiger partial charge in [-0.1, -0.05) is 30.3 Å². The monoisotopic (exact) mass is 309 g/mol. The van der Waals surface area contributed by atoms with Crippen LogP contribution in [-0.4, -0.2) is 22.2 Å². The number of fused-ring (bicyclic) bond motifs is 1. The average Bonchev–Trinajstić information content (AvgIpc) is 2.83. The summed E-state index contributed by atoms with van der Waals surface area (Å²) >= 11 is 2.55. The van der Waals surface area contributed by atoms with Crippen LogP contribution in [0.25, 0.3) is 11.0 Å². The van der Waals surface area contributed by atoms with Crippen LogP contribution in [0.2, 0.25) is 0 Å². The van der Waals surface area contributed by atoms with Gasteiger partial charge in [0.15, 0.2) is 0 Å². The zero-order valence-corrected chi connectivity index (χ0v) is 13.0. The minimum atomic E-state index is -0.304. The molecule has 0 saturated heterocycles. The summed E-state index contributed by atoms with van der Waals surface area (Å²) in [6, 6.07) is 13.6. The Labute approximate surface area is 135 Å². The molecular formula is C17H13AlFNO2. The van der Waals surface area contributed by atoms with E-state index < -0.39 is 0 Å². The highest BCUT2D eigenvalue weighted by atomic mass is 27.0. The van der Waals surface area contributed by atoms with Crippen molar-refractivity contribution in [2.75, 3.05) is 0 Å². The van der Waals surface area contributed by atoms with Crippen LogP contribution in [0.3, 0.4) is 0 Å². The smallest absolute Gasteiger partial charge is 0.242 e. The van der Waals surface area contributed by atoms with Crippen molar-refractivity contribution in [3.8, 4) is 0 Å². The molecule has 22 heavy (non-hydrogen) atoms. The summed E-state index contributed by atoms with van der Waals surface area (Å²) in [5.74, 6) is -0.414. The fourth-order valence-electron chi connectivity index (χ4n) is 2.34. The number of furan rings is 1. The minimum absolute atomic E-state index is 0.110. The van der Waals surface area contributed by atoms with Crippen molar-refractivity contribution in [1.82, 2.24) is 5.32 Å². The van der Waals surface area contributed by atoms with Crippen LogP contribution in [0, 0.1) is 5.82 Å². The van der Waals surface area contributed by atoms with Gasteiger partial charge in [-0.2, -0.15) is 0 Å². The Morgan fingerprint density at radius 1 is 1.14 bits per heavy atom. The molecule has 108 valence electrons. The van der Waals surface area contributed by atoms with Crippen molar-refractivity contribution in [1.29, 1.82) is 0 Å². The number of rotatable bonds is 4. The summed E-state index contributed by atoms with van der Waals surface area (Å²) in [4.78, 5) is 12.0. The van der Waals surface area contributed by atoms with Gasteiger partial charge in [-0.3, -0.25) is 4.79 Å². The maximum atomic E-state index is 12.8. The average molecular weight is 309 g/mol. The third-order valence-electron chi connectivity index (χ3n) is 3.47. The molecule has 0 aliphatic rings. The van der Waals surface area contributed by atoms with Crippen LogP contribution in [-0.2, 0) is 17.8 Å². The molecule has 0 aliphatic heterocycles. The maximum absolute atomic E-state index is 12.8. The minimum Gasteiger partial charge on any atom is -0.482 e. The van der Waals surface area contributed by atoms with Crippen LogP contribution in [0.15, 0.2) is 52.9 Å². The standard InChI is InChI=1S/C17H13FNO2.Al/c18-14-7-5-12(6-8-14)9-17(20)19-10-13-11-21-16-4-2-1-3-15(13)16;/h1-8H,9-10H2,(H,19,20);. The lowest BCUT2D eigenvalue weighted by atomic mass is 10.1. The Bertz CT molecular complexity index is 811. The Morgan fingerprint density at radius 3 is 2.64 bits per heavy atom. The lowest BCUT2D eigenvalue weighted by Crippen LogP contribution is -2.26. The summed E-state index contributed by atoms with van der Waals surface area (Å²) in [6.07, 6.45) is 0.224. The quantitative estimate of drug-likeness (QED) is 0.751.